The molecule has 0 amide bonds. The fourth-order valence-electron chi connectivity index (χ4n) is 3.65. The van der Waals surface area contributed by atoms with Crippen LogP contribution in [0, 0.1) is 5.92 Å². The average molecular weight is 598 g/mol. The molecule has 0 aromatic heterocycles. The minimum Gasteiger partial charge on any atom is -0.506 e. The van der Waals surface area contributed by atoms with Gasteiger partial charge in [-0.2, -0.15) is 0 Å². The molecule has 2 atom stereocenters. The van der Waals surface area contributed by atoms with E-state index in [9.17, 15) is 9.90 Å². The molecule has 2 unspecified atom stereocenters. The highest BCUT2D eigenvalue weighted by molar-refractivity contribution is 5.81. The number of rotatable bonds is 12. The number of Topliss-reactive ketones (excluding diaryl/α,β-unsaturated/α-hetero) is 1. The largest absolute Gasteiger partial charge is 0.506 e. The minimum atomic E-state index is -0.331. The fraction of sp³-hybridized carbons (Fsp3) is 0.412. The van der Waals surface area contributed by atoms with Crippen LogP contribution in [-0.2, 0) is 17.8 Å². The summed E-state index contributed by atoms with van der Waals surface area (Å²) >= 11 is 0. The van der Waals surface area contributed by atoms with E-state index in [4.69, 9.17) is 26.7 Å². The molecule has 0 bridgehead atoms. The Labute approximate surface area is 259 Å². The number of benzene rings is 1. The molecule has 43 heavy (non-hydrogen) atoms. The van der Waals surface area contributed by atoms with E-state index in [1.807, 2.05) is 46.8 Å². The molecule has 1 aliphatic rings. The zero-order valence-electron chi connectivity index (χ0n) is 27.7. The third-order valence-corrected chi connectivity index (χ3v) is 5.98. The van der Waals surface area contributed by atoms with E-state index in [1.54, 1.807) is 26.0 Å². The summed E-state index contributed by atoms with van der Waals surface area (Å²) in [5.74, 6) is 1.33. The summed E-state index contributed by atoms with van der Waals surface area (Å²) < 4.78 is 10.7. The number of nitrogens with zero attached hydrogens (tertiary/aromatic N) is 1. The van der Waals surface area contributed by atoms with Crippen LogP contribution in [0.25, 0.3) is 0 Å². The zero-order valence-corrected chi connectivity index (χ0v) is 27.7. The quantitative estimate of drug-likeness (QED) is 0.104. The summed E-state index contributed by atoms with van der Waals surface area (Å²) in [5, 5.41) is 13.3. The van der Waals surface area contributed by atoms with Crippen molar-refractivity contribution in [3.8, 4) is 11.5 Å². The summed E-state index contributed by atoms with van der Waals surface area (Å²) in [7, 11) is 0. The van der Waals surface area contributed by atoms with Gasteiger partial charge in [0.15, 0.2) is 11.5 Å². The number of aliphatic imine (C=N–C) groups is 1. The molecule has 0 fully saturated rings. The highest BCUT2D eigenvalue weighted by Crippen LogP contribution is 2.37. The molecule has 0 saturated carbocycles. The number of nitrogens with one attached hydrogen (secondary N) is 1. The van der Waals surface area contributed by atoms with Gasteiger partial charge in [-0.3, -0.25) is 9.79 Å². The molecule has 0 radical (unpaired) electrons. The van der Waals surface area contributed by atoms with Crippen molar-refractivity contribution in [2.24, 2.45) is 28.1 Å². The molecule has 0 saturated heterocycles. The number of allylic oxidation sites excluding steroid dienone is 6. The third kappa shape index (κ3) is 14.5. The summed E-state index contributed by atoms with van der Waals surface area (Å²) in [6.07, 6.45) is 9.97. The molecule has 9 heteroatoms. The van der Waals surface area contributed by atoms with Gasteiger partial charge >= 0.3 is 0 Å². The Balaban J connectivity index is 0. The topological polar surface area (TPSA) is 158 Å². The van der Waals surface area contributed by atoms with E-state index < -0.39 is 0 Å². The van der Waals surface area contributed by atoms with Crippen molar-refractivity contribution < 1.29 is 19.4 Å². The Morgan fingerprint density at radius 1 is 1.19 bits per heavy atom. The second kappa shape index (κ2) is 23.3. The number of fused-ring (bicyclic) bond motifs is 1. The Morgan fingerprint density at radius 2 is 1.81 bits per heavy atom. The summed E-state index contributed by atoms with van der Waals surface area (Å²) in [4.78, 5) is 15.7. The lowest BCUT2D eigenvalue weighted by atomic mass is 9.99. The van der Waals surface area contributed by atoms with Crippen molar-refractivity contribution in [1.82, 2.24) is 5.32 Å². The van der Waals surface area contributed by atoms with E-state index in [1.165, 1.54) is 37.1 Å². The van der Waals surface area contributed by atoms with E-state index in [0.717, 1.165) is 23.5 Å². The highest BCUT2D eigenvalue weighted by atomic mass is 16.7. The molecule has 240 valence electrons. The normalized spacial score (nSPS) is 14.2. The van der Waals surface area contributed by atoms with Crippen LogP contribution in [-0.4, -0.2) is 29.9 Å². The molecule has 1 heterocycles. The van der Waals surface area contributed by atoms with Crippen molar-refractivity contribution in [2.45, 2.75) is 81.3 Å². The lowest BCUT2D eigenvalue weighted by molar-refractivity contribution is -0.119. The third-order valence-electron chi connectivity index (χ3n) is 5.98. The van der Waals surface area contributed by atoms with Gasteiger partial charge in [-0.15, -0.1) is 0 Å². The second-order valence-electron chi connectivity index (χ2n) is 8.86. The van der Waals surface area contributed by atoms with Crippen molar-refractivity contribution >= 4 is 12.0 Å². The van der Waals surface area contributed by atoms with Crippen molar-refractivity contribution in [2.75, 3.05) is 6.79 Å². The number of aliphatic hydroxyl groups is 1. The molecular weight excluding hydrogens is 542 g/mol. The van der Waals surface area contributed by atoms with Crippen molar-refractivity contribution in [3.63, 3.8) is 0 Å². The lowest BCUT2D eigenvalue weighted by Gasteiger charge is -2.23. The molecule has 2 rings (SSSR count). The van der Waals surface area contributed by atoms with Gasteiger partial charge < -0.3 is 37.1 Å². The number of ether oxygens (including phenoxy) is 2. The molecule has 0 aliphatic carbocycles. The van der Waals surface area contributed by atoms with E-state index >= 15 is 0 Å². The second-order valence-corrected chi connectivity index (χ2v) is 8.86. The molecule has 9 nitrogen and oxygen atoms in total. The first kappa shape index (κ1) is 40.9. The van der Waals surface area contributed by atoms with Crippen LogP contribution in [0.4, 0.5) is 0 Å². The maximum atomic E-state index is 11.7. The van der Waals surface area contributed by atoms with Crippen LogP contribution in [0.1, 0.15) is 73.4 Å². The maximum Gasteiger partial charge on any atom is 0.231 e. The molecule has 0 spiro atoms. The van der Waals surface area contributed by atoms with Crippen LogP contribution in [0.5, 0.6) is 11.5 Å². The van der Waals surface area contributed by atoms with Crippen LogP contribution >= 0.6 is 0 Å². The highest BCUT2D eigenvalue weighted by Gasteiger charge is 2.19. The maximum absolute atomic E-state index is 11.7. The van der Waals surface area contributed by atoms with Gasteiger partial charge in [0.2, 0.25) is 6.79 Å². The molecule has 1 aromatic rings. The van der Waals surface area contributed by atoms with E-state index in [-0.39, 0.29) is 23.5 Å². The van der Waals surface area contributed by atoms with Crippen LogP contribution in [0.15, 0.2) is 89.2 Å². The molecular formula is C34H55N5O4. The first-order chi connectivity index (χ1) is 20.5. The van der Waals surface area contributed by atoms with E-state index in [0.29, 0.717) is 36.0 Å². The number of carbonyl (C=O) groups excluding carboxylic acids is 1. The van der Waals surface area contributed by atoms with E-state index in [2.05, 4.69) is 30.4 Å². The minimum absolute atomic E-state index is 0.0184. The van der Waals surface area contributed by atoms with Crippen molar-refractivity contribution in [3.05, 3.63) is 95.3 Å². The Morgan fingerprint density at radius 3 is 2.30 bits per heavy atom. The van der Waals surface area contributed by atoms with Gasteiger partial charge in [0, 0.05) is 23.5 Å². The smallest absolute Gasteiger partial charge is 0.231 e. The summed E-state index contributed by atoms with van der Waals surface area (Å²) in [5.41, 5.74) is 21.6. The Kier molecular flexibility index (Phi) is 22.2. The Hall–Kier alpha value is -4.24. The fourth-order valence-corrected chi connectivity index (χ4v) is 3.65. The SMILES string of the molecule is C=CC(=C)N=C/C(O)=C\C(=C(/C)N)C(C)N/C(=C/C=C\N)C(C)C(C)=O.CC.CC.CCc1c(CN)ccc2c1OCO2. The Bertz CT molecular complexity index is 1180. The average Bonchev–Trinajstić information content (AvgIpc) is 3.50. The molecule has 1 aliphatic heterocycles. The van der Waals surface area contributed by atoms with Crippen LogP contribution in [0.2, 0.25) is 0 Å². The van der Waals surface area contributed by atoms with Gasteiger partial charge in [-0.05, 0) is 81.8 Å². The molecule has 8 N–H and O–H groups in total. The van der Waals surface area contributed by atoms with Gasteiger partial charge in [0.25, 0.3) is 0 Å². The standard InChI is InChI=1S/C20H30N4O2.C10H13NO2.2C2H6/c1-7-13(2)23-12-18(26)11-19(15(4)22)16(5)24-20(9-8-10-21)14(3)17(6)25;1-2-8-7(5-11)3-4-9-10(8)13-6-12-9;2*1-2/h7-12,14,16,24,26H,1-2,21-22H2,3-6H3;3-4H,2,5-6,11H2,1H3;2*1-2H3/b10-8-,18-11+,19-15-,20-9+,23-12?;;;. The number of ketones is 1. The van der Waals surface area contributed by atoms with Crippen LogP contribution in [0.3, 0.4) is 0 Å². The van der Waals surface area contributed by atoms with Crippen LogP contribution < -0.4 is 32.0 Å². The van der Waals surface area contributed by atoms with Gasteiger partial charge in [-0.25, -0.2) is 0 Å². The number of hydrogen-bond donors (Lipinski definition) is 5. The zero-order chi connectivity index (χ0) is 33.5. The van der Waals surface area contributed by atoms with Gasteiger partial charge in [0.1, 0.15) is 11.5 Å². The van der Waals surface area contributed by atoms with Gasteiger partial charge in [-0.1, -0.05) is 53.8 Å². The number of aliphatic hydroxyl groups excluding tert-OH is 1. The predicted octanol–water partition coefficient (Wildman–Crippen LogP) is 6.48. The number of nitrogens with two attached hydrogens (primary N) is 3. The first-order valence-electron chi connectivity index (χ1n) is 14.7. The summed E-state index contributed by atoms with van der Waals surface area (Å²) in [6, 6.07) is 3.66. The number of hydrogen-bond acceptors (Lipinski definition) is 9. The summed E-state index contributed by atoms with van der Waals surface area (Å²) in [6.45, 7) is 25.1. The lowest BCUT2D eigenvalue weighted by Crippen LogP contribution is -2.32. The van der Waals surface area contributed by atoms with Crippen molar-refractivity contribution in [1.29, 1.82) is 0 Å². The predicted molar refractivity (Wildman–Crippen MR) is 182 cm³/mol. The molecule has 1 aromatic carbocycles. The monoisotopic (exact) mass is 597 g/mol. The first-order valence-corrected chi connectivity index (χ1v) is 14.7. The number of carbonyl (C=O) groups is 1. The van der Waals surface area contributed by atoms with Gasteiger partial charge in [0.05, 0.1) is 23.9 Å².